The maximum absolute atomic E-state index is 12.1. The second-order valence-corrected chi connectivity index (χ2v) is 7.20. The van der Waals surface area contributed by atoms with Crippen LogP contribution in [0.2, 0.25) is 0 Å². The van der Waals surface area contributed by atoms with Gasteiger partial charge >= 0.3 is 0 Å². The molecule has 1 aromatic carbocycles. The Labute approximate surface area is 123 Å². The van der Waals surface area contributed by atoms with E-state index in [0.717, 1.165) is 18.4 Å². The van der Waals surface area contributed by atoms with Gasteiger partial charge in [-0.1, -0.05) is 35.5 Å². The molecule has 0 amide bonds. The molecule has 2 aromatic rings. The van der Waals surface area contributed by atoms with Crippen LogP contribution in [0.15, 0.2) is 34.9 Å². The molecule has 1 fully saturated rings. The molecule has 6 nitrogen and oxygen atoms in total. The molecule has 1 aliphatic rings. The highest BCUT2D eigenvalue weighted by atomic mass is 32.2. The van der Waals surface area contributed by atoms with Crippen molar-refractivity contribution >= 4 is 10.0 Å². The summed E-state index contributed by atoms with van der Waals surface area (Å²) in [5, 5.41) is 3.97. The van der Waals surface area contributed by atoms with E-state index in [4.69, 9.17) is 4.52 Å². The van der Waals surface area contributed by atoms with Crippen LogP contribution in [0, 0.1) is 0 Å². The maximum Gasteiger partial charge on any atom is 0.245 e. The van der Waals surface area contributed by atoms with Crippen LogP contribution in [-0.4, -0.2) is 35.2 Å². The number of benzene rings is 1. The van der Waals surface area contributed by atoms with Gasteiger partial charge in [-0.3, -0.25) is 0 Å². The third-order valence-corrected chi connectivity index (χ3v) is 5.57. The molecule has 3 rings (SSSR count). The van der Waals surface area contributed by atoms with Gasteiger partial charge in [-0.15, -0.1) is 0 Å². The van der Waals surface area contributed by atoms with Crippen LogP contribution in [0.3, 0.4) is 0 Å². The van der Waals surface area contributed by atoms with E-state index in [1.807, 2.05) is 30.3 Å². The van der Waals surface area contributed by atoms with Gasteiger partial charge in [-0.25, -0.2) is 8.42 Å². The summed E-state index contributed by atoms with van der Waals surface area (Å²) in [5.41, 5.74) is 0.857. The highest BCUT2D eigenvalue weighted by molar-refractivity contribution is 7.89. The number of nitrogens with zero attached hydrogens (tertiary/aromatic N) is 3. The summed E-state index contributed by atoms with van der Waals surface area (Å²) in [6.07, 6.45) is 1.53. The van der Waals surface area contributed by atoms with Crippen LogP contribution in [0.5, 0.6) is 0 Å². The standard InChI is InChI=1S/C14H17N3O3S/c1-2-21(18,19)17-10-6-9-12(17)14-15-13(16-20-14)11-7-4-3-5-8-11/h3-5,7-8,12H,2,6,9-10H2,1H3. The fourth-order valence-corrected chi connectivity index (χ4v) is 3.88. The fourth-order valence-electron chi connectivity index (χ4n) is 2.56. The van der Waals surface area contributed by atoms with Crippen molar-refractivity contribution in [3.05, 3.63) is 36.2 Å². The van der Waals surface area contributed by atoms with Crippen molar-refractivity contribution in [2.75, 3.05) is 12.3 Å². The molecule has 0 radical (unpaired) electrons. The Kier molecular flexibility index (Phi) is 3.77. The lowest BCUT2D eigenvalue weighted by atomic mass is 10.2. The van der Waals surface area contributed by atoms with Gasteiger partial charge < -0.3 is 4.52 Å². The Morgan fingerprint density at radius 2 is 2.10 bits per heavy atom. The quantitative estimate of drug-likeness (QED) is 0.865. The van der Waals surface area contributed by atoms with E-state index in [9.17, 15) is 8.42 Å². The van der Waals surface area contributed by atoms with Crippen LogP contribution in [0.4, 0.5) is 0 Å². The molecule has 0 saturated carbocycles. The minimum absolute atomic E-state index is 0.0865. The van der Waals surface area contributed by atoms with Gasteiger partial charge in [0.05, 0.1) is 5.75 Å². The molecule has 1 aliphatic heterocycles. The lowest BCUT2D eigenvalue weighted by molar-refractivity contribution is 0.291. The first-order valence-electron chi connectivity index (χ1n) is 7.00. The van der Waals surface area contributed by atoms with Gasteiger partial charge in [0, 0.05) is 12.1 Å². The molecular weight excluding hydrogens is 290 g/mol. The van der Waals surface area contributed by atoms with Crippen molar-refractivity contribution in [3.63, 3.8) is 0 Å². The van der Waals surface area contributed by atoms with Gasteiger partial charge in [-0.05, 0) is 19.8 Å². The number of hydrogen-bond acceptors (Lipinski definition) is 5. The van der Waals surface area contributed by atoms with Gasteiger partial charge in [0.2, 0.25) is 21.7 Å². The van der Waals surface area contributed by atoms with E-state index in [1.165, 1.54) is 4.31 Å². The summed E-state index contributed by atoms with van der Waals surface area (Å²) in [4.78, 5) is 4.38. The molecule has 112 valence electrons. The van der Waals surface area contributed by atoms with Crippen molar-refractivity contribution in [3.8, 4) is 11.4 Å². The van der Waals surface area contributed by atoms with Crippen LogP contribution in [-0.2, 0) is 10.0 Å². The van der Waals surface area contributed by atoms with Crippen molar-refractivity contribution in [2.24, 2.45) is 0 Å². The smallest absolute Gasteiger partial charge is 0.245 e. The van der Waals surface area contributed by atoms with Crippen LogP contribution in [0.25, 0.3) is 11.4 Å². The second-order valence-electron chi connectivity index (χ2n) is 4.99. The Bertz CT molecular complexity index is 712. The summed E-state index contributed by atoms with van der Waals surface area (Å²) in [5.74, 6) is 0.957. The Hall–Kier alpha value is -1.73. The number of rotatable bonds is 4. The fraction of sp³-hybridized carbons (Fsp3) is 0.429. The third kappa shape index (κ3) is 2.71. The molecule has 0 spiro atoms. The van der Waals surface area contributed by atoms with Gasteiger partial charge in [-0.2, -0.15) is 9.29 Å². The molecule has 1 saturated heterocycles. The zero-order valence-electron chi connectivity index (χ0n) is 11.8. The molecule has 21 heavy (non-hydrogen) atoms. The van der Waals surface area contributed by atoms with E-state index in [1.54, 1.807) is 6.92 Å². The highest BCUT2D eigenvalue weighted by Gasteiger charge is 2.37. The number of sulfonamides is 1. The summed E-state index contributed by atoms with van der Waals surface area (Å²) in [6.45, 7) is 2.16. The van der Waals surface area contributed by atoms with Crippen LogP contribution < -0.4 is 0 Å². The Morgan fingerprint density at radius 1 is 1.33 bits per heavy atom. The van der Waals surface area contributed by atoms with Gasteiger partial charge in [0.15, 0.2) is 0 Å². The second kappa shape index (κ2) is 5.57. The first-order valence-corrected chi connectivity index (χ1v) is 8.61. The molecule has 0 N–H and O–H groups in total. The SMILES string of the molecule is CCS(=O)(=O)N1CCCC1c1nc(-c2ccccc2)no1. The lowest BCUT2D eigenvalue weighted by Crippen LogP contribution is -2.32. The monoisotopic (exact) mass is 307 g/mol. The first-order chi connectivity index (χ1) is 10.1. The minimum atomic E-state index is -3.25. The van der Waals surface area contributed by atoms with Crippen molar-refractivity contribution in [1.29, 1.82) is 0 Å². The summed E-state index contributed by atoms with van der Waals surface area (Å²) >= 11 is 0. The normalized spacial score (nSPS) is 20.0. The van der Waals surface area contributed by atoms with Gasteiger partial charge in [0.1, 0.15) is 6.04 Å². The largest absolute Gasteiger partial charge is 0.337 e. The molecule has 2 heterocycles. The topological polar surface area (TPSA) is 76.3 Å². The predicted octanol–water partition coefficient (Wildman–Crippen LogP) is 2.22. The van der Waals surface area contributed by atoms with E-state index in [-0.39, 0.29) is 11.8 Å². The maximum atomic E-state index is 12.1. The van der Waals surface area contributed by atoms with Crippen molar-refractivity contribution in [1.82, 2.24) is 14.4 Å². The van der Waals surface area contributed by atoms with Crippen molar-refractivity contribution < 1.29 is 12.9 Å². The first kappa shape index (κ1) is 14.2. The van der Waals surface area contributed by atoms with Gasteiger partial charge in [0.25, 0.3) is 0 Å². The Balaban J connectivity index is 1.90. The molecule has 7 heteroatoms. The van der Waals surface area contributed by atoms with E-state index in [2.05, 4.69) is 10.1 Å². The molecule has 1 aromatic heterocycles. The van der Waals surface area contributed by atoms with Crippen LogP contribution >= 0.6 is 0 Å². The average Bonchev–Trinajstić information content (AvgIpc) is 3.17. The molecule has 1 atom stereocenters. The summed E-state index contributed by atoms with van der Waals surface area (Å²) < 4.78 is 31.0. The molecule has 0 bridgehead atoms. The minimum Gasteiger partial charge on any atom is -0.337 e. The van der Waals surface area contributed by atoms with Crippen molar-refractivity contribution in [2.45, 2.75) is 25.8 Å². The third-order valence-electron chi connectivity index (χ3n) is 3.68. The van der Waals surface area contributed by atoms with E-state index >= 15 is 0 Å². The molecular formula is C14H17N3O3S. The molecule has 1 unspecified atom stereocenters. The van der Waals surface area contributed by atoms with E-state index in [0.29, 0.717) is 18.3 Å². The highest BCUT2D eigenvalue weighted by Crippen LogP contribution is 2.34. The zero-order chi connectivity index (χ0) is 14.9. The van der Waals surface area contributed by atoms with E-state index < -0.39 is 10.0 Å². The molecule has 0 aliphatic carbocycles. The summed E-state index contributed by atoms with van der Waals surface area (Å²) in [7, 11) is -3.25. The lowest BCUT2D eigenvalue weighted by Gasteiger charge is -2.20. The Morgan fingerprint density at radius 3 is 2.81 bits per heavy atom. The summed E-state index contributed by atoms with van der Waals surface area (Å²) in [6, 6.07) is 9.16. The predicted molar refractivity (Wildman–Crippen MR) is 77.9 cm³/mol. The average molecular weight is 307 g/mol. The number of hydrogen-bond donors (Lipinski definition) is 0. The number of aromatic nitrogens is 2. The van der Waals surface area contributed by atoms with Crippen LogP contribution in [0.1, 0.15) is 31.7 Å². The zero-order valence-corrected chi connectivity index (χ0v) is 12.6.